The maximum absolute atomic E-state index is 13.6. The van der Waals surface area contributed by atoms with Crippen molar-refractivity contribution in [3.05, 3.63) is 57.3 Å². The van der Waals surface area contributed by atoms with Gasteiger partial charge in [-0.1, -0.05) is 12.1 Å². The molecule has 1 fully saturated rings. The summed E-state index contributed by atoms with van der Waals surface area (Å²) in [5.41, 5.74) is 2.42. The first-order valence-corrected chi connectivity index (χ1v) is 10.8. The lowest BCUT2D eigenvalue weighted by atomic mass is 10.2. The summed E-state index contributed by atoms with van der Waals surface area (Å²) >= 11 is 5.18. The van der Waals surface area contributed by atoms with E-state index < -0.39 is 0 Å². The Bertz CT molecular complexity index is 961. The number of nitrogens with one attached hydrogen (secondary N) is 1. The Morgan fingerprint density at radius 3 is 2.85 bits per heavy atom. The highest BCUT2D eigenvalue weighted by Gasteiger charge is 2.19. The van der Waals surface area contributed by atoms with Crippen LogP contribution in [-0.4, -0.2) is 41.6 Å². The van der Waals surface area contributed by atoms with Crippen molar-refractivity contribution >= 4 is 43.4 Å². The quantitative estimate of drug-likeness (QED) is 0.602. The van der Waals surface area contributed by atoms with Crippen LogP contribution in [0.2, 0.25) is 0 Å². The van der Waals surface area contributed by atoms with Crippen molar-refractivity contribution in [3.63, 3.8) is 0 Å². The van der Waals surface area contributed by atoms with E-state index in [4.69, 9.17) is 0 Å². The van der Waals surface area contributed by atoms with Gasteiger partial charge in [0.25, 0.3) is 5.91 Å². The summed E-state index contributed by atoms with van der Waals surface area (Å²) in [5.74, 6) is -0.349. The van der Waals surface area contributed by atoms with Crippen molar-refractivity contribution in [2.75, 3.05) is 26.2 Å². The summed E-state index contributed by atoms with van der Waals surface area (Å²) in [6.07, 6.45) is 2.49. The maximum atomic E-state index is 13.6. The molecule has 0 aliphatic carbocycles. The Labute approximate surface area is 170 Å². The summed E-state index contributed by atoms with van der Waals surface area (Å²) in [6.45, 7) is 4.21. The number of benzene rings is 1. The molecule has 27 heavy (non-hydrogen) atoms. The van der Waals surface area contributed by atoms with Crippen LogP contribution in [0.3, 0.4) is 0 Å². The lowest BCUT2D eigenvalue weighted by Crippen LogP contribution is -2.34. The second-order valence-corrected chi connectivity index (χ2v) is 8.61. The SMILES string of the molecule is O=C(NCCN1CCCC1)c1cc2scc(Br)c2n1Cc1cccc(F)c1. The highest BCUT2D eigenvalue weighted by Crippen LogP contribution is 2.33. The lowest BCUT2D eigenvalue weighted by molar-refractivity contribution is 0.0941. The third-order valence-corrected chi connectivity index (χ3v) is 6.78. The molecule has 1 amide bonds. The van der Waals surface area contributed by atoms with E-state index in [9.17, 15) is 9.18 Å². The Morgan fingerprint density at radius 2 is 2.07 bits per heavy atom. The van der Waals surface area contributed by atoms with Crippen LogP contribution in [0, 0.1) is 5.82 Å². The maximum Gasteiger partial charge on any atom is 0.268 e. The van der Waals surface area contributed by atoms with E-state index in [1.54, 1.807) is 17.4 Å². The fourth-order valence-corrected chi connectivity index (χ4v) is 5.32. The molecule has 142 valence electrons. The Kier molecular flexibility index (Phi) is 5.61. The molecule has 3 aromatic rings. The number of carbonyl (C=O) groups excluding carboxylic acids is 1. The zero-order valence-electron chi connectivity index (χ0n) is 14.9. The van der Waals surface area contributed by atoms with Gasteiger partial charge >= 0.3 is 0 Å². The first-order chi connectivity index (χ1) is 13.1. The molecule has 0 unspecified atom stereocenters. The van der Waals surface area contributed by atoms with Crippen molar-refractivity contribution in [2.45, 2.75) is 19.4 Å². The fraction of sp³-hybridized carbons (Fsp3) is 0.350. The van der Waals surface area contributed by atoms with Gasteiger partial charge in [-0.25, -0.2) is 4.39 Å². The standard InChI is InChI=1S/C20H21BrFN3OS/c21-16-13-27-18-11-17(20(26)23-6-9-24-7-1-2-8-24)25(19(16)18)12-14-4-3-5-15(22)10-14/h3-5,10-11,13H,1-2,6-9,12H2,(H,23,26). The molecule has 0 spiro atoms. The predicted molar refractivity (Wildman–Crippen MR) is 111 cm³/mol. The fourth-order valence-electron chi connectivity index (χ4n) is 3.63. The molecule has 1 aliphatic heterocycles. The van der Waals surface area contributed by atoms with Gasteiger partial charge in [0.2, 0.25) is 0 Å². The second kappa shape index (κ2) is 8.12. The van der Waals surface area contributed by atoms with E-state index in [0.29, 0.717) is 18.8 Å². The minimum absolute atomic E-state index is 0.0825. The summed E-state index contributed by atoms with van der Waals surface area (Å²) in [5, 5.41) is 5.06. The van der Waals surface area contributed by atoms with Crippen molar-refractivity contribution in [2.24, 2.45) is 0 Å². The van der Waals surface area contributed by atoms with Gasteiger partial charge in [0.15, 0.2) is 0 Å². The second-order valence-electron chi connectivity index (χ2n) is 6.85. The molecule has 1 aromatic carbocycles. The smallest absolute Gasteiger partial charge is 0.268 e. The molecule has 3 heterocycles. The molecule has 0 atom stereocenters. The topological polar surface area (TPSA) is 37.3 Å². The normalized spacial score (nSPS) is 14.9. The number of fused-ring (bicyclic) bond motifs is 1. The third-order valence-electron chi connectivity index (χ3n) is 4.95. The number of hydrogen-bond acceptors (Lipinski definition) is 3. The molecular weight excluding hydrogens is 429 g/mol. The van der Waals surface area contributed by atoms with Crippen LogP contribution in [0.4, 0.5) is 4.39 Å². The molecule has 0 saturated carbocycles. The molecule has 2 aromatic heterocycles. The van der Waals surface area contributed by atoms with Crippen LogP contribution in [0.5, 0.6) is 0 Å². The number of thiophene rings is 1. The molecule has 1 saturated heterocycles. The average molecular weight is 450 g/mol. The Hall–Kier alpha value is -1.70. The molecule has 4 rings (SSSR count). The van der Waals surface area contributed by atoms with E-state index in [1.807, 2.05) is 22.1 Å². The van der Waals surface area contributed by atoms with Crippen molar-refractivity contribution < 1.29 is 9.18 Å². The van der Waals surface area contributed by atoms with Crippen LogP contribution in [-0.2, 0) is 6.54 Å². The molecule has 1 aliphatic rings. The molecule has 0 radical (unpaired) electrons. The minimum Gasteiger partial charge on any atom is -0.349 e. The predicted octanol–water partition coefficient (Wildman–Crippen LogP) is 4.48. The first kappa shape index (κ1) is 18.7. The van der Waals surface area contributed by atoms with E-state index in [0.717, 1.165) is 39.9 Å². The number of hydrogen-bond donors (Lipinski definition) is 1. The van der Waals surface area contributed by atoms with Crippen molar-refractivity contribution in [1.82, 2.24) is 14.8 Å². The molecular formula is C20H21BrFN3OS. The van der Waals surface area contributed by atoms with Crippen LogP contribution < -0.4 is 5.32 Å². The van der Waals surface area contributed by atoms with E-state index >= 15 is 0 Å². The number of likely N-dealkylation sites (tertiary alicyclic amines) is 1. The van der Waals surface area contributed by atoms with Gasteiger partial charge in [0, 0.05) is 25.0 Å². The van der Waals surface area contributed by atoms with Gasteiger partial charge in [-0.3, -0.25) is 4.79 Å². The van der Waals surface area contributed by atoms with Gasteiger partial charge in [-0.15, -0.1) is 11.3 Å². The molecule has 7 heteroatoms. The van der Waals surface area contributed by atoms with E-state index in [1.165, 1.54) is 25.0 Å². The number of halogens is 2. The third kappa shape index (κ3) is 4.10. The molecule has 0 bridgehead atoms. The number of amides is 1. The zero-order chi connectivity index (χ0) is 18.8. The first-order valence-electron chi connectivity index (χ1n) is 9.13. The van der Waals surface area contributed by atoms with Gasteiger partial charge in [-0.05, 0) is 65.6 Å². The van der Waals surface area contributed by atoms with E-state index in [2.05, 4.69) is 26.1 Å². The zero-order valence-corrected chi connectivity index (χ0v) is 17.3. The highest BCUT2D eigenvalue weighted by molar-refractivity contribution is 9.10. The number of rotatable bonds is 6. The molecule has 1 N–H and O–H groups in total. The van der Waals surface area contributed by atoms with Crippen molar-refractivity contribution in [3.8, 4) is 0 Å². The summed E-state index contributed by atoms with van der Waals surface area (Å²) in [6, 6.07) is 8.45. The van der Waals surface area contributed by atoms with Gasteiger partial charge in [0.1, 0.15) is 11.5 Å². The monoisotopic (exact) mass is 449 g/mol. The van der Waals surface area contributed by atoms with Crippen LogP contribution in [0.15, 0.2) is 40.2 Å². The minimum atomic E-state index is -0.267. The average Bonchev–Trinajstić information content (AvgIpc) is 3.35. The van der Waals surface area contributed by atoms with E-state index in [-0.39, 0.29) is 11.7 Å². The highest BCUT2D eigenvalue weighted by atomic mass is 79.9. The van der Waals surface area contributed by atoms with Gasteiger partial charge in [0.05, 0.1) is 14.7 Å². The lowest BCUT2D eigenvalue weighted by Gasteiger charge is -2.15. The number of aromatic nitrogens is 1. The van der Waals surface area contributed by atoms with Gasteiger partial charge < -0.3 is 14.8 Å². The summed E-state index contributed by atoms with van der Waals surface area (Å²) in [4.78, 5) is 15.2. The van der Waals surface area contributed by atoms with Crippen LogP contribution >= 0.6 is 27.3 Å². The van der Waals surface area contributed by atoms with Gasteiger partial charge in [-0.2, -0.15) is 0 Å². The molecule has 4 nitrogen and oxygen atoms in total. The van der Waals surface area contributed by atoms with Crippen molar-refractivity contribution in [1.29, 1.82) is 0 Å². The van der Waals surface area contributed by atoms with Crippen LogP contribution in [0.1, 0.15) is 28.9 Å². The number of carbonyl (C=O) groups is 1. The summed E-state index contributed by atoms with van der Waals surface area (Å²) < 4.78 is 17.6. The Balaban J connectivity index is 1.56. The van der Waals surface area contributed by atoms with Crippen LogP contribution in [0.25, 0.3) is 10.2 Å². The summed E-state index contributed by atoms with van der Waals surface area (Å²) in [7, 11) is 0. The largest absolute Gasteiger partial charge is 0.349 e. The Morgan fingerprint density at radius 1 is 1.26 bits per heavy atom. The number of nitrogens with zero attached hydrogens (tertiary/aromatic N) is 2.